The number of hydrogen-bond acceptors (Lipinski definition) is 2. The van der Waals surface area contributed by atoms with Crippen LogP contribution < -0.4 is 4.90 Å². The first-order chi connectivity index (χ1) is 10.2. The predicted molar refractivity (Wildman–Crippen MR) is 83.7 cm³/mol. The Balaban J connectivity index is 1.89. The van der Waals surface area contributed by atoms with Gasteiger partial charge in [0.2, 0.25) is 5.91 Å². The third-order valence-corrected chi connectivity index (χ3v) is 4.10. The number of phenolic OH excluding ortho intramolecular Hbond substituents is 1. The standard InChI is InChI=1S/C18H19NO2/c1-13-6-2-3-7-15(13)12-17(21)19-11-5-9-14-8-4-10-16(20)18(14)19/h2-4,6-8,10,20H,5,9,11-12H2,1H3. The van der Waals surface area contributed by atoms with E-state index in [1.165, 1.54) is 0 Å². The number of amides is 1. The van der Waals surface area contributed by atoms with Gasteiger partial charge in [-0.3, -0.25) is 4.79 Å². The van der Waals surface area contributed by atoms with Gasteiger partial charge in [-0.15, -0.1) is 0 Å². The zero-order valence-electron chi connectivity index (χ0n) is 12.2. The van der Waals surface area contributed by atoms with Crippen molar-refractivity contribution in [3.63, 3.8) is 0 Å². The monoisotopic (exact) mass is 281 g/mol. The lowest BCUT2D eigenvalue weighted by molar-refractivity contribution is -0.118. The Morgan fingerprint density at radius 3 is 2.81 bits per heavy atom. The molecule has 0 aromatic heterocycles. The maximum atomic E-state index is 12.6. The molecule has 0 atom stereocenters. The second-order valence-electron chi connectivity index (χ2n) is 5.54. The van der Waals surface area contributed by atoms with Crippen LogP contribution in [0.15, 0.2) is 42.5 Å². The number of phenols is 1. The van der Waals surface area contributed by atoms with Crippen LogP contribution in [0.1, 0.15) is 23.1 Å². The highest BCUT2D eigenvalue weighted by Gasteiger charge is 2.25. The lowest BCUT2D eigenvalue weighted by Crippen LogP contribution is -2.36. The van der Waals surface area contributed by atoms with Crippen LogP contribution in [0.5, 0.6) is 5.75 Å². The summed E-state index contributed by atoms with van der Waals surface area (Å²) in [6.45, 7) is 2.69. The number of aryl methyl sites for hydroxylation is 2. The predicted octanol–water partition coefficient (Wildman–Crippen LogP) is 3.22. The second-order valence-corrected chi connectivity index (χ2v) is 5.54. The average Bonchev–Trinajstić information content (AvgIpc) is 2.49. The zero-order valence-corrected chi connectivity index (χ0v) is 12.2. The van der Waals surface area contributed by atoms with Crippen LogP contribution in [-0.2, 0) is 17.6 Å². The van der Waals surface area contributed by atoms with E-state index >= 15 is 0 Å². The molecule has 21 heavy (non-hydrogen) atoms. The van der Waals surface area contributed by atoms with Crippen LogP contribution in [0.4, 0.5) is 5.69 Å². The molecule has 1 aliphatic heterocycles. The number of rotatable bonds is 2. The fourth-order valence-electron chi connectivity index (χ4n) is 2.95. The van der Waals surface area contributed by atoms with Gasteiger partial charge in [0.1, 0.15) is 5.75 Å². The topological polar surface area (TPSA) is 40.5 Å². The van der Waals surface area contributed by atoms with E-state index in [0.29, 0.717) is 18.7 Å². The van der Waals surface area contributed by atoms with Crippen molar-refractivity contribution in [2.24, 2.45) is 0 Å². The SMILES string of the molecule is Cc1ccccc1CC(=O)N1CCCc2cccc(O)c21. The van der Waals surface area contributed by atoms with Crippen molar-refractivity contribution >= 4 is 11.6 Å². The molecule has 1 heterocycles. The van der Waals surface area contributed by atoms with Crippen molar-refractivity contribution in [3.8, 4) is 5.75 Å². The molecular formula is C18H19NO2. The van der Waals surface area contributed by atoms with Gasteiger partial charge in [-0.1, -0.05) is 36.4 Å². The third-order valence-electron chi connectivity index (χ3n) is 4.10. The average molecular weight is 281 g/mol. The van der Waals surface area contributed by atoms with Crippen LogP contribution >= 0.6 is 0 Å². The highest BCUT2D eigenvalue weighted by molar-refractivity contribution is 5.97. The Morgan fingerprint density at radius 2 is 2.00 bits per heavy atom. The van der Waals surface area contributed by atoms with E-state index in [9.17, 15) is 9.90 Å². The molecule has 0 radical (unpaired) electrons. The molecule has 0 saturated carbocycles. The number of anilines is 1. The molecule has 0 saturated heterocycles. The van der Waals surface area contributed by atoms with Crippen LogP contribution in [0, 0.1) is 6.92 Å². The maximum Gasteiger partial charge on any atom is 0.231 e. The Hall–Kier alpha value is -2.29. The summed E-state index contributed by atoms with van der Waals surface area (Å²) in [5.74, 6) is 0.247. The summed E-state index contributed by atoms with van der Waals surface area (Å²) in [6.07, 6.45) is 2.23. The lowest BCUT2D eigenvalue weighted by Gasteiger charge is -2.30. The number of carbonyl (C=O) groups is 1. The van der Waals surface area contributed by atoms with Crippen molar-refractivity contribution in [2.75, 3.05) is 11.4 Å². The van der Waals surface area contributed by atoms with Crippen LogP contribution in [-0.4, -0.2) is 17.6 Å². The summed E-state index contributed by atoms with van der Waals surface area (Å²) < 4.78 is 0. The molecule has 1 N–H and O–H groups in total. The van der Waals surface area contributed by atoms with Gasteiger partial charge in [-0.25, -0.2) is 0 Å². The van der Waals surface area contributed by atoms with E-state index in [4.69, 9.17) is 0 Å². The van der Waals surface area contributed by atoms with Crippen molar-refractivity contribution < 1.29 is 9.90 Å². The number of fused-ring (bicyclic) bond motifs is 1. The van der Waals surface area contributed by atoms with Crippen LogP contribution in [0.3, 0.4) is 0 Å². The number of nitrogens with zero attached hydrogens (tertiary/aromatic N) is 1. The number of para-hydroxylation sites is 1. The Bertz CT molecular complexity index is 679. The zero-order chi connectivity index (χ0) is 14.8. The molecule has 1 aliphatic rings. The third kappa shape index (κ3) is 2.64. The van der Waals surface area contributed by atoms with E-state index in [-0.39, 0.29) is 11.7 Å². The fourth-order valence-corrected chi connectivity index (χ4v) is 2.95. The molecule has 2 aromatic rings. The molecule has 0 bridgehead atoms. The Labute approximate surface area is 124 Å². The van der Waals surface area contributed by atoms with Crippen molar-refractivity contribution in [1.82, 2.24) is 0 Å². The number of hydrogen-bond donors (Lipinski definition) is 1. The first-order valence-corrected chi connectivity index (χ1v) is 7.32. The van der Waals surface area contributed by atoms with Gasteiger partial charge in [0, 0.05) is 6.54 Å². The van der Waals surface area contributed by atoms with Gasteiger partial charge in [0.05, 0.1) is 12.1 Å². The van der Waals surface area contributed by atoms with Crippen LogP contribution in [0.2, 0.25) is 0 Å². The molecule has 3 heteroatoms. The van der Waals surface area contributed by atoms with E-state index in [1.54, 1.807) is 11.0 Å². The summed E-state index contributed by atoms with van der Waals surface area (Å²) in [6, 6.07) is 13.4. The van der Waals surface area contributed by atoms with E-state index in [1.807, 2.05) is 43.3 Å². The highest BCUT2D eigenvalue weighted by atomic mass is 16.3. The van der Waals surface area contributed by atoms with Crippen LogP contribution in [0.25, 0.3) is 0 Å². The molecule has 0 fully saturated rings. The molecular weight excluding hydrogens is 262 g/mol. The summed E-state index contributed by atoms with van der Waals surface area (Å²) in [5, 5.41) is 10.1. The largest absolute Gasteiger partial charge is 0.506 e. The molecule has 0 aliphatic carbocycles. The van der Waals surface area contributed by atoms with E-state index < -0.39 is 0 Å². The minimum absolute atomic E-state index is 0.0479. The summed E-state index contributed by atoms with van der Waals surface area (Å²) in [4.78, 5) is 14.4. The molecule has 2 aromatic carbocycles. The van der Waals surface area contributed by atoms with E-state index in [0.717, 1.165) is 29.5 Å². The van der Waals surface area contributed by atoms with E-state index in [2.05, 4.69) is 0 Å². The summed E-state index contributed by atoms with van der Waals surface area (Å²) >= 11 is 0. The minimum atomic E-state index is 0.0479. The minimum Gasteiger partial charge on any atom is -0.506 e. The number of carbonyl (C=O) groups excluding carboxylic acids is 1. The first-order valence-electron chi connectivity index (χ1n) is 7.32. The van der Waals surface area contributed by atoms with Gasteiger partial charge in [0.15, 0.2) is 0 Å². The second kappa shape index (κ2) is 5.60. The lowest BCUT2D eigenvalue weighted by atomic mass is 9.99. The van der Waals surface area contributed by atoms with Crippen molar-refractivity contribution in [2.45, 2.75) is 26.2 Å². The van der Waals surface area contributed by atoms with Gasteiger partial charge in [-0.2, -0.15) is 0 Å². The quantitative estimate of drug-likeness (QED) is 0.918. The normalized spacial score (nSPS) is 13.9. The number of aromatic hydroxyl groups is 1. The van der Waals surface area contributed by atoms with Gasteiger partial charge in [0.25, 0.3) is 0 Å². The summed E-state index contributed by atoms with van der Waals surface area (Å²) in [5.41, 5.74) is 3.92. The van der Waals surface area contributed by atoms with Gasteiger partial charge >= 0.3 is 0 Å². The van der Waals surface area contributed by atoms with Crippen molar-refractivity contribution in [1.29, 1.82) is 0 Å². The first kappa shape index (κ1) is 13.7. The Kier molecular flexibility index (Phi) is 3.65. The van der Waals surface area contributed by atoms with Gasteiger partial charge in [-0.05, 0) is 42.5 Å². The fraction of sp³-hybridized carbons (Fsp3) is 0.278. The molecule has 3 nitrogen and oxygen atoms in total. The molecule has 0 unspecified atom stereocenters. The Morgan fingerprint density at radius 1 is 1.19 bits per heavy atom. The molecule has 0 spiro atoms. The number of benzene rings is 2. The molecule has 3 rings (SSSR count). The summed E-state index contributed by atoms with van der Waals surface area (Å²) in [7, 11) is 0. The maximum absolute atomic E-state index is 12.6. The van der Waals surface area contributed by atoms with Crippen molar-refractivity contribution in [3.05, 3.63) is 59.2 Å². The van der Waals surface area contributed by atoms with Gasteiger partial charge < -0.3 is 10.0 Å². The smallest absolute Gasteiger partial charge is 0.231 e. The molecule has 108 valence electrons. The highest BCUT2D eigenvalue weighted by Crippen LogP contribution is 2.35. The molecule has 1 amide bonds.